The number of nitrogens with zero attached hydrogens (tertiary/aromatic N) is 1. The van der Waals surface area contributed by atoms with E-state index in [0.29, 0.717) is 11.2 Å². The van der Waals surface area contributed by atoms with Crippen LogP contribution in [0.2, 0.25) is 0 Å². The first-order valence-electron chi connectivity index (χ1n) is 5.57. The molecule has 1 aliphatic rings. The van der Waals surface area contributed by atoms with Crippen molar-refractivity contribution >= 4 is 17.7 Å². The van der Waals surface area contributed by atoms with Crippen LogP contribution < -0.4 is 0 Å². The molecule has 15 heavy (non-hydrogen) atoms. The van der Waals surface area contributed by atoms with Gasteiger partial charge in [0.1, 0.15) is 6.04 Å². The molecule has 1 unspecified atom stereocenters. The maximum atomic E-state index is 11.1. The number of aliphatic carboxylic acids is 1. The molecule has 1 N–H and O–H groups in total. The van der Waals surface area contributed by atoms with E-state index in [4.69, 9.17) is 5.11 Å². The lowest BCUT2D eigenvalue weighted by molar-refractivity contribution is -0.143. The second kappa shape index (κ2) is 5.21. The van der Waals surface area contributed by atoms with Crippen LogP contribution >= 0.6 is 11.8 Å². The van der Waals surface area contributed by atoms with E-state index in [1.165, 1.54) is 0 Å². The zero-order chi connectivity index (χ0) is 11.5. The van der Waals surface area contributed by atoms with Crippen LogP contribution in [0.25, 0.3) is 0 Å². The Morgan fingerprint density at radius 3 is 2.73 bits per heavy atom. The molecule has 0 radical (unpaired) electrons. The van der Waals surface area contributed by atoms with Crippen molar-refractivity contribution in [3.05, 3.63) is 0 Å². The summed E-state index contributed by atoms with van der Waals surface area (Å²) in [6, 6.07) is -0.292. The predicted octanol–water partition coefficient (Wildman–Crippen LogP) is 2.07. The minimum absolute atomic E-state index is 0.292. The van der Waals surface area contributed by atoms with E-state index < -0.39 is 5.97 Å². The van der Waals surface area contributed by atoms with Crippen LogP contribution in [0, 0.1) is 0 Å². The molecule has 0 aromatic rings. The molecule has 0 spiro atoms. The fourth-order valence-electron chi connectivity index (χ4n) is 1.94. The summed E-state index contributed by atoms with van der Waals surface area (Å²) in [5.41, 5.74) is 0. The van der Waals surface area contributed by atoms with Crippen molar-refractivity contribution in [2.75, 3.05) is 18.8 Å². The Balaban J connectivity index is 2.60. The van der Waals surface area contributed by atoms with Crippen LogP contribution in [0.1, 0.15) is 33.6 Å². The molecule has 4 heteroatoms. The maximum Gasteiger partial charge on any atom is 0.320 e. The van der Waals surface area contributed by atoms with Crippen molar-refractivity contribution in [2.45, 2.75) is 44.4 Å². The molecule has 0 saturated carbocycles. The number of hydrogen-bond acceptors (Lipinski definition) is 3. The van der Waals surface area contributed by atoms with Gasteiger partial charge in [-0.2, -0.15) is 11.8 Å². The van der Waals surface area contributed by atoms with Crippen LogP contribution in [0.4, 0.5) is 0 Å². The third kappa shape index (κ3) is 3.68. The first-order chi connectivity index (χ1) is 6.96. The molecular weight excluding hydrogens is 210 g/mol. The lowest BCUT2D eigenvalue weighted by Crippen LogP contribution is -2.42. The summed E-state index contributed by atoms with van der Waals surface area (Å²) in [4.78, 5) is 13.2. The molecule has 0 aliphatic carbocycles. The van der Waals surface area contributed by atoms with E-state index in [0.717, 1.165) is 25.3 Å². The van der Waals surface area contributed by atoms with Crippen LogP contribution in [0.3, 0.4) is 0 Å². The molecule has 3 nitrogen and oxygen atoms in total. The van der Waals surface area contributed by atoms with E-state index >= 15 is 0 Å². The Morgan fingerprint density at radius 1 is 1.53 bits per heavy atom. The molecule has 0 amide bonds. The first kappa shape index (κ1) is 12.8. The second-order valence-electron chi connectivity index (χ2n) is 4.66. The van der Waals surface area contributed by atoms with E-state index in [1.807, 2.05) is 18.7 Å². The second-order valence-corrected chi connectivity index (χ2v) is 6.46. The van der Waals surface area contributed by atoms with Gasteiger partial charge in [-0.05, 0) is 12.8 Å². The minimum Gasteiger partial charge on any atom is -0.480 e. The van der Waals surface area contributed by atoms with Gasteiger partial charge in [-0.1, -0.05) is 20.8 Å². The fraction of sp³-hybridized carbons (Fsp3) is 0.909. The zero-order valence-corrected chi connectivity index (χ0v) is 10.6. The van der Waals surface area contributed by atoms with Crippen molar-refractivity contribution in [1.82, 2.24) is 4.90 Å². The highest BCUT2D eigenvalue weighted by atomic mass is 32.2. The van der Waals surface area contributed by atoms with Crippen molar-refractivity contribution < 1.29 is 9.90 Å². The predicted molar refractivity (Wildman–Crippen MR) is 64.4 cm³/mol. The Kier molecular flexibility index (Phi) is 4.46. The molecule has 1 aliphatic heterocycles. The van der Waals surface area contributed by atoms with E-state index in [2.05, 4.69) is 18.7 Å². The highest BCUT2D eigenvalue weighted by Gasteiger charge is 2.29. The van der Waals surface area contributed by atoms with Crippen LogP contribution in [-0.2, 0) is 4.79 Å². The van der Waals surface area contributed by atoms with Gasteiger partial charge in [0.05, 0.1) is 0 Å². The molecule has 1 rings (SSSR count). The van der Waals surface area contributed by atoms with Crippen molar-refractivity contribution in [2.24, 2.45) is 0 Å². The lowest BCUT2D eigenvalue weighted by atomic mass is 10.1. The number of carboxylic acids is 1. The summed E-state index contributed by atoms with van der Waals surface area (Å²) in [7, 11) is 0. The first-order valence-corrected chi connectivity index (χ1v) is 6.55. The Morgan fingerprint density at radius 2 is 2.20 bits per heavy atom. The van der Waals surface area contributed by atoms with Crippen LogP contribution in [0.5, 0.6) is 0 Å². The number of carboxylic acid groups (broad SMARTS) is 1. The Hall–Kier alpha value is -0.220. The van der Waals surface area contributed by atoms with Gasteiger partial charge < -0.3 is 5.11 Å². The highest BCUT2D eigenvalue weighted by Crippen LogP contribution is 2.31. The molecule has 0 aromatic heterocycles. The molecule has 1 atom stereocenters. The molecule has 88 valence electrons. The molecule has 1 fully saturated rings. The molecule has 0 aromatic carbocycles. The van der Waals surface area contributed by atoms with E-state index in [-0.39, 0.29) is 6.04 Å². The quantitative estimate of drug-likeness (QED) is 0.807. The van der Waals surface area contributed by atoms with E-state index in [9.17, 15) is 4.79 Å². The van der Waals surface area contributed by atoms with Crippen molar-refractivity contribution in [3.8, 4) is 0 Å². The topological polar surface area (TPSA) is 40.5 Å². The largest absolute Gasteiger partial charge is 0.480 e. The minimum atomic E-state index is -0.679. The van der Waals surface area contributed by atoms with Gasteiger partial charge in [-0.25, -0.2) is 0 Å². The standard InChI is InChI=1S/C11H21NO2S/c1-4-9(10(13)14)12-6-5-11(2,3)15-8-7-12/h9H,4-8H2,1-3H3,(H,13,14). The van der Waals surface area contributed by atoms with Gasteiger partial charge in [-0.3, -0.25) is 9.69 Å². The summed E-state index contributed by atoms with van der Waals surface area (Å²) in [6.45, 7) is 8.23. The van der Waals surface area contributed by atoms with Gasteiger partial charge in [0.25, 0.3) is 0 Å². The van der Waals surface area contributed by atoms with Gasteiger partial charge >= 0.3 is 5.97 Å². The molecular formula is C11H21NO2S. The van der Waals surface area contributed by atoms with Crippen molar-refractivity contribution in [1.29, 1.82) is 0 Å². The average Bonchev–Trinajstić information content (AvgIpc) is 2.28. The van der Waals surface area contributed by atoms with Crippen LogP contribution in [0.15, 0.2) is 0 Å². The number of rotatable bonds is 3. The van der Waals surface area contributed by atoms with Gasteiger partial charge in [0.15, 0.2) is 0 Å². The molecule has 0 bridgehead atoms. The van der Waals surface area contributed by atoms with Gasteiger partial charge in [-0.15, -0.1) is 0 Å². The molecule has 1 heterocycles. The van der Waals surface area contributed by atoms with Crippen LogP contribution in [-0.4, -0.2) is 45.6 Å². The van der Waals surface area contributed by atoms with E-state index in [1.54, 1.807) is 0 Å². The average molecular weight is 231 g/mol. The van der Waals surface area contributed by atoms with Gasteiger partial charge in [0.2, 0.25) is 0 Å². The summed E-state index contributed by atoms with van der Waals surface area (Å²) < 4.78 is 0.297. The smallest absolute Gasteiger partial charge is 0.320 e. The third-order valence-electron chi connectivity index (χ3n) is 2.98. The molecule has 1 saturated heterocycles. The summed E-state index contributed by atoms with van der Waals surface area (Å²) in [5, 5.41) is 9.10. The lowest BCUT2D eigenvalue weighted by Gasteiger charge is -2.27. The zero-order valence-electron chi connectivity index (χ0n) is 9.82. The third-order valence-corrected chi connectivity index (χ3v) is 4.36. The SMILES string of the molecule is CCC(C(=O)O)N1CCSC(C)(C)CC1. The Labute approximate surface area is 96.2 Å². The van der Waals surface area contributed by atoms with Gasteiger partial charge in [0, 0.05) is 23.6 Å². The maximum absolute atomic E-state index is 11.1. The normalized spacial score (nSPS) is 24.5. The monoisotopic (exact) mass is 231 g/mol. The van der Waals surface area contributed by atoms with Crippen molar-refractivity contribution in [3.63, 3.8) is 0 Å². The number of carbonyl (C=O) groups is 1. The summed E-state index contributed by atoms with van der Waals surface area (Å²) in [6.07, 6.45) is 1.77. The summed E-state index contributed by atoms with van der Waals surface area (Å²) >= 11 is 1.95. The highest BCUT2D eigenvalue weighted by molar-refractivity contribution is 8.00. The summed E-state index contributed by atoms with van der Waals surface area (Å²) in [5.74, 6) is 0.360. The number of hydrogen-bond donors (Lipinski definition) is 1. The number of thioether (sulfide) groups is 1. The fourth-order valence-corrected chi connectivity index (χ4v) is 3.05. The Bertz CT molecular complexity index is 231.